The molecule has 0 aromatic heterocycles. The number of hydrogen-bond donors (Lipinski definition) is 0. The van der Waals surface area contributed by atoms with E-state index in [9.17, 15) is 4.79 Å². The Bertz CT molecular complexity index is 474. The Kier molecular flexibility index (Phi) is 4.74. The molecule has 0 unspecified atom stereocenters. The lowest BCUT2D eigenvalue weighted by Crippen LogP contribution is -2.41. The van der Waals surface area contributed by atoms with Gasteiger partial charge < -0.3 is 9.64 Å². The summed E-state index contributed by atoms with van der Waals surface area (Å²) in [7, 11) is 0. The highest BCUT2D eigenvalue weighted by atomic mass is 79.9. The summed E-state index contributed by atoms with van der Waals surface area (Å²) in [6, 6.07) is 8.45. The molecular formula is C16H22BrNO2. The van der Waals surface area contributed by atoms with Crippen molar-refractivity contribution in [2.75, 3.05) is 13.1 Å². The maximum Gasteiger partial charge on any atom is 0.410 e. The molecule has 1 aliphatic rings. The maximum absolute atomic E-state index is 12.0. The molecule has 1 amide bonds. The van der Waals surface area contributed by atoms with Gasteiger partial charge in [-0.15, -0.1) is 0 Å². The Hall–Kier alpha value is -1.03. The van der Waals surface area contributed by atoms with E-state index in [0.29, 0.717) is 5.92 Å². The first kappa shape index (κ1) is 15.4. The Morgan fingerprint density at radius 2 is 1.95 bits per heavy atom. The van der Waals surface area contributed by atoms with Gasteiger partial charge in [-0.2, -0.15) is 0 Å². The molecule has 0 radical (unpaired) electrons. The molecule has 1 saturated heterocycles. The summed E-state index contributed by atoms with van der Waals surface area (Å²) in [5, 5.41) is 0. The summed E-state index contributed by atoms with van der Waals surface area (Å²) in [6.45, 7) is 7.25. The first-order chi connectivity index (χ1) is 9.35. The van der Waals surface area contributed by atoms with Crippen LogP contribution in [0.5, 0.6) is 0 Å². The Balaban J connectivity index is 1.91. The molecule has 2 rings (SSSR count). The van der Waals surface area contributed by atoms with Crippen molar-refractivity contribution in [1.82, 2.24) is 4.90 Å². The Morgan fingerprint density at radius 3 is 2.50 bits per heavy atom. The summed E-state index contributed by atoms with van der Waals surface area (Å²) < 4.78 is 6.53. The second kappa shape index (κ2) is 6.17. The fourth-order valence-electron chi connectivity index (χ4n) is 2.48. The molecule has 0 saturated carbocycles. The number of carbonyl (C=O) groups is 1. The van der Waals surface area contributed by atoms with E-state index in [-0.39, 0.29) is 6.09 Å². The second-order valence-corrected chi connectivity index (χ2v) is 7.21. The number of halogens is 1. The fraction of sp³-hybridized carbons (Fsp3) is 0.562. The molecule has 3 nitrogen and oxygen atoms in total. The minimum absolute atomic E-state index is 0.190. The largest absolute Gasteiger partial charge is 0.444 e. The van der Waals surface area contributed by atoms with Crippen LogP contribution in [0, 0.1) is 0 Å². The van der Waals surface area contributed by atoms with E-state index in [0.717, 1.165) is 30.4 Å². The van der Waals surface area contributed by atoms with Crippen molar-refractivity contribution < 1.29 is 9.53 Å². The molecule has 0 aliphatic carbocycles. The summed E-state index contributed by atoms with van der Waals surface area (Å²) in [5.74, 6) is 0.534. The van der Waals surface area contributed by atoms with Crippen molar-refractivity contribution in [2.24, 2.45) is 0 Å². The third-order valence-electron chi connectivity index (χ3n) is 3.47. The molecule has 0 N–H and O–H groups in total. The number of carbonyl (C=O) groups excluding carboxylic acids is 1. The minimum Gasteiger partial charge on any atom is -0.444 e. The highest BCUT2D eigenvalue weighted by molar-refractivity contribution is 9.10. The van der Waals surface area contributed by atoms with Crippen LogP contribution in [0.4, 0.5) is 4.79 Å². The average molecular weight is 340 g/mol. The number of hydrogen-bond acceptors (Lipinski definition) is 2. The van der Waals surface area contributed by atoms with Gasteiger partial charge in [-0.25, -0.2) is 4.79 Å². The van der Waals surface area contributed by atoms with Crippen LogP contribution in [0.2, 0.25) is 0 Å². The van der Waals surface area contributed by atoms with Gasteiger partial charge in [0.1, 0.15) is 5.60 Å². The zero-order valence-corrected chi connectivity index (χ0v) is 13.9. The van der Waals surface area contributed by atoms with E-state index in [1.807, 2.05) is 31.7 Å². The van der Waals surface area contributed by atoms with Crippen molar-refractivity contribution in [1.29, 1.82) is 0 Å². The Labute approximate surface area is 129 Å². The topological polar surface area (TPSA) is 29.5 Å². The average Bonchev–Trinajstić information content (AvgIpc) is 2.37. The van der Waals surface area contributed by atoms with E-state index >= 15 is 0 Å². The summed E-state index contributed by atoms with van der Waals surface area (Å²) in [6.07, 6.45) is 1.80. The second-order valence-electron chi connectivity index (χ2n) is 6.30. The number of rotatable bonds is 1. The minimum atomic E-state index is -0.418. The first-order valence-corrected chi connectivity index (χ1v) is 7.88. The first-order valence-electron chi connectivity index (χ1n) is 7.08. The molecule has 1 aromatic rings. The fourth-order valence-corrected chi connectivity index (χ4v) is 2.90. The van der Waals surface area contributed by atoms with Crippen LogP contribution < -0.4 is 0 Å². The van der Waals surface area contributed by atoms with E-state index in [2.05, 4.69) is 34.1 Å². The van der Waals surface area contributed by atoms with Crippen LogP contribution >= 0.6 is 15.9 Å². The standard InChI is InChI=1S/C16H22BrNO2/c1-16(2,3)20-15(19)18-9-7-12(8-10-18)13-5-4-6-14(17)11-13/h4-6,11-12H,7-10H2,1-3H3. The summed E-state index contributed by atoms with van der Waals surface area (Å²) >= 11 is 3.51. The van der Waals surface area contributed by atoms with Crippen molar-refractivity contribution in [3.8, 4) is 0 Å². The molecule has 1 fully saturated rings. The molecule has 0 atom stereocenters. The molecule has 1 heterocycles. The lowest BCUT2D eigenvalue weighted by Gasteiger charge is -2.33. The zero-order chi connectivity index (χ0) is 14.8. The highest BCUT2D eigenvalue weighted by Crippen LogP contribution is 2.30. The van der Waals surface area contributed by atoms with Crippen LogP contribution in [0.1, 0.15) is 45.1 Å². The van der Waals surface area contributed by atoms with E-state index in [1.165, 1.54) is 5.56 Å². The lowest BCUT2D eigenvalue weighted by atomic mass is 9.90. The van der Waals surface area contributed by atoms with E-state index in [1.54, 1.807) is 0 Å². The van der Waals surface area contributed by atoms with Crippen LogP contribution in [-0.4, -0.2) is 29.7 Å². The van der Waals surface area contributed by atoms with Crippen molar-refractivity contribution in [3.63, 3.8) is 0 Å². The van der Waals surface area contributed by atoms with Crippen LogP contribution in [-0.2, 0) is 4.74 Å². The van der Waals surface area contributed by atoms with Crippen LogP contribution in [0.15, 0.2) is 28.7 Å². The monoisotopic (exact) mass is 339 g/mol. The van der Waals surface area contributed by atoms with Gasteiger partial charge in [0.2, 0.25) is 0 Å². The number of nitrogens with zero attached hydrogens (tertiary/aromatic N) is 1. The maximum atomic E-state index is 12.0. The molecule has 1 aliphatic heterocycles. The number of amides is 1. The van der Waals surface area contributed by atoms with Crippen LogP contribution in [0.25, 0.3) is 0 Å². The smallest absolute Gasteiger partial charge is 0.410 e. The summed E-state index contributed by atoms with van der Waals surface area (Å²) in [4.78, 5) is 13.8. The van der Waals surface area contributed by atoms with Gasteiger partial charge in [0.05, 0.1) is 0 Å². The van der Waals surface area contributed by atoms with Crippen LogP contribution in [0.3, 0.4) is 0 Å². The van der Waals surface area contributed by atoms with Crippen molar-refractivity contribution >= 4 is 22.0 Å². The molecule has 110 valence electrons. The van der Waals surface area contributed by atoms with Gasteiger partial charge >= 0.3 is 6.09 Å². The van der Waals surface area contributed by atoms with Crippen molar-refractivity contribution in [2.45, 2.75) is 45.1 Å². The number of benzene rings is 1. The normalized spacial score (nSPS) is 17.1. The third-order valence-corrected chi connectivity index (χ3v) is 3.96. The van der Waals surface area contributed by atoms with Gasteiger partial charge in [0, 0.05) is 17.6 Å². The molecule has 0 bridgehead atoms. The highest BCUT2D eigenvalue weighted by Gasteiger charge is 2.27. The predicted molar refractivity (Wildman–Crippen MR) is 83.9 cm³/mol. The van der Waals surface area contributed by atoms with Gasteiger partial charge in [-0.3, -0.25) is 0 Å². The predicted octanol–water partition coefficient (Wildman–Crippen LogP) is 4.56. The van der Waals surface area contributed by atoms with Gasteiger partial charge in [0.25, 0.3) is 0 Å². The summed E-state index contributed by atoms with van der Waals surface area (Å²) in [5.41, 5.74) is 0.932. The SMILES string of the molecule is CC(C)(C)OC(=O)N1CCC(c2cccc(Br)c2)CC1. The molecule has 4 heteroatoms. The van der Waals surface area contributed by atoms with Gasteiger partial charge in [-0.1, -0.05) is 28.1 Å². The molecule has 0 spiro atoms. The number of likely N-dealkylation sites (tertiary alicyclic amines) is 1. The van der Waals surface area contributed by atoms with Gasteiger partial charge in [0.15, 0.2) is 0 Å². The molecule has 20 heavy (non-hydrogen) atoms. The van der Waals surface area contributed by atoms with Gasteiger partial charge in [-0.05, 0) is 57.2 Å². The van der Waals surface area contributed by atoms with E-state index < -0.39 is 5.60 Å². The number of piperidine rings is 1. The number of ether oxygens (including phenoxy) is 1. The lowest BCUT2D eigenvalue weighted by molar-refractivity contribution is 0.0205. The molecular weight excluding hydrogens is 318 g/mol. The molecule has 1 aromatic carbocycles. The third kappa shape index (κ3) is 4.23. The van der Waals surface area contributed by atoms with E-state index in [4.69, 9.17) is 4.74 Å². The Morgan fingerprint density at radius 1 is 1.30 bits per heavy atom. The zero-order valence-electron chi connectivity index (χ0n) is 12.4. The van der Waals surface area contributed by atoms with Crippen molar-refractivity contribution in [3.05, 3.63) is 34.3 Å². The quantitative estimate of drug-likeness (QED) is 0.750.